The SMILES string of the molecule is COc1ccccc1/C=C\C(=O)OC(C)(C)C1CCNCC1. The molecule has 0 unspecified atom stereocenters. The van der Waals surface area contributed by atoms with Gasteiger partial charge in [-0.15, -0.1) is 0 Å². The van der Waals surface area contributed by atoms with E-state index in [9.17, 15) is 4.79 Å². The number of esters is 1. The van der Waals surface area contributed by atoms with Crippen LogP contribution in [0.1, 0.15) is 32.3 Å². The standard InChI is InChI=1S/C18H25NO3/c1-18(2,15-10-12-19-13-11-15)22-17(20)9-8-14-6-4-5-7-16(14)21-3/h4-9,15,19H,10-13H2,1-3H3/b9-8-. The third-order valence-corrected chi connectivity index (χ3v) is 4.22. The van der Waals surface area contributed by atoms with Crippen molar-refractivity contribution in [3.8, 4) is 5.75 Å². The molecule has 1 fully saturated rings. The molecule has 4 nitrogen and oxygen atoms in total. The minimum atomic E-state index is -0.440. The van der Waals surface area contributed by atoms with Crippen LogP contribution in [0.5, 0.6) is 5.75 Å². The lowest BCUT2D eigenvalue weighted by Crippen LogP contribution is -2.42. The van der Waals surface area contributed by atoms with E-state index in [0.717, 1.165) is 37.2 Å². The van der Waals surface area contributed by atoms with Gasteiger partial charge in [0.2, 0.25) is 0 Å². The highest BCUT2D eigenvalue weighted by atomic mass is 16.6. The van der Waals surface area contributed by atoms with E-state index < -0.39 is 5.60 Å². The Balaban J connectivity index is 1.98. The molecule has 0 spiro atoms. The molecule has 0 radical (unpaired) electrons. The van der Waals surface area contributed by atoms with Crippen LogP contribution in [0.15, 0.2) is 30.3 Å². The highest BCUT2D eigenvalue weighted by molar-refractivity contribution is 5.87. The molecular formula is C18H25NO3. The van der Waals surface area contributed by atoms with E-state index in [1.165, 1.54) is 6.08 Å². The summed E-state index contributed by atoms with van der Waals surface area (Å²) in [6, 6.07) is 7.58. The molecule has 1 aromatic carbocycles. The van der Waals surface area contributed by atoms with Gasteiger partial charge in [0.15, 0.2) is 0 Å². The van der Waals surface area contributed by atoms with Crippen molar-refractivity contribution in [2.45, 2.75) is 32.3 Å². The smallest absolute Gasteiger partial charge is 0.331 e. The number of piperidine rings is 1. The molecule has 1 saturated heterocycles. The number of methoxy groups -OCH3 is 1. The first-order valence-electron chi connectivity index (χ1n) is 7.78. The van der Waals surface area contributed by atoms with Crippen molar-refractivity contribution in [2.24, 2.45) is 5.92 Å². The molecule has 1 aliphatic heterocycles. The molecule has 0 aliphatic carbocycles. The topological polar surface area (TPSA) is 47.6 Å². The van der Waals surface area contributed by atoms with Crippen molar-refractivity contribution >= 4 is 12.0 Å². The molecule has 4 heteroatoms. The lowest BCUT2D eigenvalue weighted by atomic mass is 9.83. The number of nitrogens with one attached hydrogen (secondary N) is 1. The van der Waals surface area contributed by atoms with E-state index in [2.05, 4.69) is 5.32 Å². The summed E-state index contributed by atoms with van der Waals surface area (Å²) in [5.41, 5.74) is 0.422. The Bertz CT molecular complexity index is 531. The molecule has 120 valence electrons. The maximum atomic E-state index is 12.1. The molecule has 2 rings (SSSR count). The minimum Gasteiger partial charge on any atom is -0.496 e. The predicted molar refractivity (Wildman–Crippen MR) is 87.8 cm³/mol. The lowest BCUT2D eigenvalue weighted by Gasteiger charge is -2.36. The van der Waals surface area contributed by atoms with Crippen LogP contribution < -0.4 is 10.1 Å². The Hall–Kier alpha value is -1.81. The van der Waals surface area contributed by atoms with E-state index >= 15 is 0 Å². The Morgan fingerprint density at radius 3 is 2.64 bits per heavy atom. The van der Waals surface area contributed by atoms with Crippen molar-refractivity contribution in [1.82, 2.24) is 5.32 Å². The maximum Gasteiger partial charge on any atom is 0.331 e. The molecular weight excluding hydrogens is 278 g/mol. The number of hydrogen-bond acceptors (Lipinski definition) is 4. The van der Waals surface area contributed by atoms with Crippen LogP contribution in [-0.4, -0.2) is 31.8 Å². The average molecular weight is 303 g/mol. The second kappa shape index (κ2) is 7.45. The van der Waals surface area contributed by atoms with Gasteiger partial charge in [0.05, 0.1) is 7.11 Å². The van der Waals surface area contributed by atoms with Crippen LogP contribution in [0.2, 0.25) is 0 Å². The van der Waals surface area contributed by atoms with Crippen LogP contribution >= 0.6 is 0 Å². The average Bonchev–Trinajstić information content (AvgIpc) is 2.53. The number of carbonyl (C=O) groups is 1. The number of hydrogen-bond donors (Lipinski definition) is 1. The van der Waals surface area contributed by atoms with Gasteiger partial charge in [-0.3, -0.25) is 0 Å². The van der Waals surface area contributed by atoms with Gasteiger partial charge in [0.25, 0.3) is 0 Å². The number of rotatable bonds is 5. The summed E-state index contributed by atoms with van der Waals surface area (Å²) in [5.74, 6) is 0.830. The fourth-order valence-corrected chi connectivity index (χ4v) is 2.86. The monoisotopic (exact) mass is 303 g/mol. The first kappa shape index (κ1) is 16.6. The van der Waals surface area contributed by atoms with Crippen molar-refractivity contribution in [1.29, 1.82) is 0 Å². The zero-order valence-electron chi connectivity index (χ0n) is 13.6. The predicted octanol–water partition coefficient (Wildman–Crippen LogP) is 3.03. The second-order valence-electron chi connectivity index (χ2n) is 6.12. The Morgan fingerprint density at radius 2 is 1.95 bits per heavy atom. The van der Waals surface area contributed by atoms with Gasteiger partial charge in [-0.1, -0.05) is 18.2 Å². The van der Waals surface area contributed by atoms with Crippen molar-refractivity contribution in [3.05, 3.63) is 35.9 Å². The molecule has 0 bridgehead atoms. The van der Waals surface area contributed by atoms with Crippen LogP contribution in [0.3, 0.4) is 0 Å². The van der Waals surface area contributed by atoms with Crippen molar-refractivity contribution < 1.29 is 14.3 Å². The number of carbonyl (C=O) groups excluding carboxylic acids is 1. The van der Waals surface area contributed by atoms with E-state index in [1.54, 1.807) is 13.2 Å². The third kappa shape index (κ3) is 4.34. The molecule has 1 aromatic rings. The summed E-state index contributed by atoms with van der Waals surface area (Å²) in [6.07, 6.45) is 5.29. The normalized spacial score (nSPS) is 16.7. The van der Waals surface area contributed by atoms with Crippen LogP contribution in [0, 0.1) is 5.92 Å². The second-order valence-corrected chi connectivity index (χ2v) is 6.12. The summed E-state index contributed by atoms with van der Waals surface area (Å²) in [5, 5.41) is 3.33. The maximum absolute atomic E-state index is 12.1. The van der Waals surface area contributed by atoms with Gasteiger partial charge in [-0.25, -0.2) is 4.79 Å². The first-order valence-corrected chi connectivity index (χ1v) is 7.78. The molecule has 0 saturated carbocycles. The number of benzene rings is 1. The zero-order chi connectivity index (χ0) is 16.0. The fraction of sp³-hybridized carbons (Fsp3) is 0.500. The summed E-state index contributed by atoms with van der Waals surface area (Å²) in [7, 11) is 1.62. The quantitative estimate of drug-likeness (QED) is 0.671. The summed E-state index contributed by atoms with van der Waals surface area (Å²) in [4.78, 5) is 12.1. The van der Waals surface area contributed by atoms with Gasteiger partial charge in [-0.05, 0) is 51.9 Å². The minimum absolute atomic E-state index is 0.311. The number of para-hydroxylation sites is 1. The van der Waals surface area contributed by atoms with Crippen molar-refractivity contribution in [3.63, 3.8) is 0 Å². The fourth-order valence-electron chi connectivity index (χ4n) is 2.86. The van der Waals surface area contributed by atoms with E-state index in [0.29, 0.717) is 5.92 Å². The largest absolute Gasteiger partial charge is 0.496 e. The third-order valence-electron chi connectivity index (χ3n) is 4.22. The van der Waals surface area contributed by atoms with E-state index in [4.69, 9.17) is 9.47 Å². The van der Waals surface area contributed by atoms with E-state index in [1.807, 2.05) is 38.1 Å². The first-order chi connectivity index (χ1) is 10.5. The molecule has 1 heterocycles. The zero-order valence-corrected chi connectivity index (χ0v) is 13.6. The molecule has 0 amide bonds. The number of ether oxygens (including phenoxy) is 2. The molecule has 1 N–H and O–H groups in total. The van der Waals surface area contributed by atoms with E-state index in [-0.39, 0.29) is 5.97 Å². The van der Waals surface area contributed by atoms with Crippen LogP contribution in [-0.2, 0) is 9.53 Å². The molecule has 22 heavy (non-hydrogen) atoms. The van der Waals surface area contributed by atoms with Crippen LogP contribution in [0.4, 0.5) is 0 Å². The van der Waals surface area contributed by atoms with Gasteiger partial charge < -0.3 is 14.8 Å². The molecule has 0 atom stereocenters. The summed E-state index contributed by atoms with van der Waals surface area (Å²) < 4.78 is 10.9. The highest BCUT2D eigenvalue weighted by Crippen LogP contribution is 2.29. The summed E-state index contributed by atoms with van der Waals surface area (Å²) in [6.45, 7) is 5.97. The Kier molecular flexibility index (Phi) is 5.61. The van der Waals surface area contributed by atoms with Crippen LogP contribution in [0.25, 0.3) is 6.08 Å². The van der Waals surface area contributed by atoms with Crippen molar-refractivity contribution in [2.75, 3.05) is 20.2 Å². The Labute approximate surface area is 132 Å². The van der Waals surface area contributed by atoms with Gasteiger partial charge in [-0.2, -0.15) is 0 Å². The molecule has 1 aliphatic rings. The summed E-state index contributed by atoms with van der Waals surface area (Å²) >= 11 is 0. The Morgan fingerprint density at radius 1 is 1.27 bits per heavy atom. The highest BCUT2D eigenvalue weighted by Gasteiger charge is 2.33. The van der Waals surface area contributed by atoms with Gasteiger partial charge in [0, 0.05) is 17.6 Å². The van der Waals surface area contributed by atoms with Gasteiger partial charge in [0.1, 0.15) is 11.4 Å². The van der Waals surface area contributed by atoms with Gasteiger partial charge >= 0.3 is 5.97 Å². The molecule has 0 aromatic heterocycles. The lowest BCUT2D eigenvalue weighted by molar-refractivity contribution is -0.156.